The van der Waals surface area contributed by atoms with Gasteiger partial charge in [0.1, 0.15) is 5.82 Å². The fourth-order valence-electron chi connectivity index (χ4n) is 1.65. The average molecular weight is 186 g/mol. The largest absolute Gasteiger partial charge is 0.313 e. The van der Waals surface area contributed by atoms with Crippen molar-refractivity contribution >= 4 is 16.6 Å². The highest BCUT2D eigenvalue weighted by molar-refractivity contribution is 5.78. The number of hydrogen-bond donors (Lipinski definition) is 0. The molecule has 68 valence electrons. The van der Waals surface area contributed by atoms with E-state index in [2.05, 4.69) is 4.98 Å². The third-order valence-electron chi connectivity index (χ3n) is 2.31. The van der Waals surface area contributed by atoms with Crippen LogP contribution in [0.25, 0.3) is 16.6 Å². The Bertz CT molecular complexity index is 613. The number of halogens is 1. The van der Waals surface area contributed by atoms with Crippen LogP contribution >= 0.6 is 0 Å². The van der Waals surface area contributed by atoms with E-state index in [1.165, 1.54) is 12.1 Å². The van der Waals surface area contributed by atoms with Crippen LogP contribution in [0.1, 0.15) is 0 Å². The Labute approximate surface area is 79.6 Å². The van der Waals surface area contributed by atoms with E-state index in [9.17, 15) is 4.39 Å². The van der Waals surface area contributed by atoms with Gasteiger partial charge in [0.15, 0.2) is 0 Å². The minimum absolute atomic E-state index is 0.236. The molecule has 2 nitrogen and oxygen atoms in total. The topological polar surface area (TPSA) is 17.3 Å². The number of hydrogen-bond acceptors (Lipinski definition) is 1. The molecule has 3 rings (SSSR count). The van der Waals surface area contributed by atoms with Gasteiger partial charge < -0.3 is 4.40 Å². The van der Waals surface area contributed by atoms with Gasteiger partial charge in [0.25, 0.3) is 0 Å². The van der Waals surface area contributed by atoms with Crippen molar-refractivity contribution in [3.05, 3.63) is 48.5 Å². The van der Waals surface area contributed by atoms with Crippen LogP contribution in [0.15, 0.2) is 42.7 Å². The van der Waals surface area contributed by atoms with Crippen molar-refractivity contribution in [2.75, 3.05) is 0 Å². The van der Waals surface area contributed by atoms with E-state index in [0.29, 0.717) is 0 Å². The summed E-state index contributed by atoms with van der Waals surface area (Å²) in [6, 6.07) is 8.46. The van der Waals surface area contributed by atoms with Crippen molar-refractivity contribution in [1.82, 2.24) is 9.38 Å². The SMILES string of the molecule is Fc1ccc2ncc3cccn3c2c1. The van der Waals surface area contributed by atoms with E-state index in [1.807, 2.05) is 22.7 Å². The van der Waals surface area contributed by atoms with E-state index >= 15 is 0 Å². The van der Waals surface area contributed by atoms with Crippen LogP contribution in [0.3, 0.4) is 0 Å². The second-order valence-corrected chi connectivity index (χ2v) is 3.19. The van der Waals surface area contributed by atoms with Crippen molar-refractivity contribution in [1.29, 1.82) is 0 Å². The Morgan fingerprint density at radius 2 is 2.14 bits per heavy atom. The van der Waals surface area contributed by atoms with E-state index < -0.39 is 0 Å². The molecule has 14 heavy (non-hydrogen) atoms. The summed E-state index contributed by atoms with van der Waals surface area (Å²) in [6.07, 6.45) is 3.68. The van der Waals surface area contributed by atoms with Crippen molar-refractivity contribution in [3.8, 4) is 0 Å². The molecule has 2 heterocycles. The summed E-state index contributed by atoms with van der Waals surface area (Å²) in [5.74, 6) is -0.236. The van der Waals surface area contributed by atoms with Crippen LogP contribution in [0.4, 0.5) is 4.39 Å². The minimum atomic E-state index is -0.236. The monoisotopic (exact) mass is 186 g/mol. The molecule has 0 atom stereocenters. The molecule has 0 aliphatic heterocycles. The van der Waals surface area contributed by atoms with Crippen molar-refractivity contribution in [3.63, 3.8) is 0 Å². The van der Waals surface area contributed by atoms with Crippen molar-refractivity contribution in [2.24, 2.45) is 0 Å². The van der Waals surface area contributed by atoms with Crippen LogP contribution in [0.5, 0.6) is 0 Å². The van der Waals surface area contributed by atoms with E-state index in [-0.39, 0.29) is 5.82 Å². The third kappa shape index (κ3) is 0.923. The standard InChI is InChI=1S/C11H7FN2/c12-8-3-4-10-11(6-8)14-5-1-2-9(14)7-13-10/h1-7H. The molecule has 3 aromatic rings. The molecule has 0 bridgehead atoms. The molecule has 0 aliphatic carbocycles. The minimum Gasteiger partial charge on any atom is -0.313 e. The van der Waals surface area contributed by atoms with Gasteiger partial charge in [0, 0.05) is 12.3 Å². The molecule has 1 aromatic carbocycles. The first-order chi connectivity index (χ1) is 6.84. The van der Waals surface area contributed by atoms with Gasteiger partial charge in [0.2, 0.25) is 0 Å². The molecule has 0 saturated heterocycles. The Morgan fingerprint density at radius 1 is 1.21 bits per heavy atom. The second-order valence-electron chi connectivity index (χ2n) is 3.19. The van der Waals surface area contributed by atoms with Gasteiger partial charge in [-0.25, -0.2) is 4.39 Å². The quantitative estimate of drug-likeness (QED) is 0.527. The van der Waals surface area contributed by atoms with E-state index in [1.54, 1.807) is 12.3 Å². The predicted molar refractivity (Wildman–Crippen MR) is 52.7 cm³/mol. The Hall–Kier alpha value is -1.90. The predicted octanol–water partition coefficient (Wildman–Crippen LogP) is 2.63. The molecule has 0 fully saturated rings. The summed E-state index contributed by atoms with van der Waals surface area (Å²) in [5, 5.41) is 0. The summed E-state index contributed by atoms with van der Waals surface area (Å²) < 4.78 is 15.0. The van der Waals surface area contributed by atoms with Crippen LogP contribution in [0.2, 0.25) is 0 Å². The maximum absolute atomic E-state index is 13.0. The Kier molecular flexibility index (Phi) is 1.36. The number of rotatable bonds is 0. The van der Waals surface area contributed by atoms with Crippen molar-refractivity contribution < 1.29 is 4.39 Å². The first kappa shape index (κ1) is 7.50. The lowest BCUT2D eigenvalue weighted by Gasteiger charge is -2.01. The zero-order valence-electron chi connectivity index (χ0n) is 7.31. The summed E-state index contributed by atoms with van der Waals surface area (Å²) >= 11 is 0. The van der Waals surface area contributed by atoms with Crippen molar-refractivity contribution in [2.45, 2.75) is 0 Å². The fourth-order valence-corrected chi connectivity index (χ4v) is 1.65. The smallest absolute Gasteiger partial charge is 0.125 e. The number of benzene rings is 1. The molecule has 3 heteroatoms. The average Bonchev–Trinajstić information content (AvgIpc) is 2.65. The molecular weight excluding hydrogens is 179 g/mol. The molecule has 0 unspecified atom stereocenters. The first-order valence-electron chi connectivity index (χ1n) is 4.36. The number of aromatic nitrogens is 2. The Morgan fingerprint density at radius 3 is 3.07 bits per heavy atom. The number of nitrogens with zero attached hydrogens (tertiary/aromatic N) is 2. The van der Waals surface area contributed by atoms with Gasteiger partial charge in [-0.15, -0.1) is 0 Å². The van der Waals surface area contributed by atoms with Crippen LogP contribution in [0, 0.1) is 5.82 Å². The summed E-state index contributed by atoms with van der Waals surface area (Å²) in [5.41, 5.74) is 2.57. The molecule has 0 amide bonds. The Balaban J connectivity index is 2.60. The van der Waals surface area contributed by atoms with Gasteiger partial charge in [0.05, 0.1) is 22.7 Å². The summed E-state index contributed by atoms with van der Waals surface area (Å²) in [6.45, 7) is 0. The molecule has 0 aliphatic rings. The lowest BCUT2D eigenvalue weighted by atomic mass is 10.3. The highest BCUT2D eigenvalue weighted by atomic mass is 19.1. The lowest BCUT2D eigenvalue weighted by Crippen LogP contribution is -1.89. The molecule has 2 aromatic heterocycles. The van der Waals surface area contributed by atoms with Crippen LogP contribution in [-0.4, -0.2) is 9.38 Å². The summed E-state index contributed by atoms with van der Waals surface area (Å²) in [4.78, 5) is 4.24. The normalized spacial score (nSPS) is 11.2. The van der Waals surface area contributed by atoms with Gasteiger partial charge in [-0.3, -0.25) is 4.98 Å². The zero-order chi connectivity index (χ0) is 9.54. The molecule has 0 spiro atoms. The second kappa shape index (κ2) is 2.54. The number of fused-ring (bicyclic) bond motifs is 3. The summed E-state index contributed by atoms with van der Waals surface area (Å²) in [7, 11) is 0. The van der Waals surface area contributed by atoms with Crippen LogP contribution in [-0.2, 0) is 0 Å². The molecule has 0 N–H and O–H groups in total. The van der Waals surface area contributed by atoms with Gasteiger partial charge in [-0.05, 0) is 24.3 Å². The van der Waals surface area contributed by atoms with E-state index in [0.717, 1.165) is 16.6 Å². The zero-order valence-corrected chi connectivity index (χ0v) is 7.31. The lowest BCUT2D eigenvalue weighted by molar-refractivity contribution is 0.629. The van der Waals surface area contributed by atoms with Gasteiger partial charge >= 0.3 is 0 Å². The maximum atomic E-state index is 13.0. The third-order valence-corrected chi connectivity index (χ3v) is 2.31. The van der Waals surface area contributed by atoms with Gasteiger partial charge in [-0.1, -0.05) is 0 Å². The highest BCUT2D eigenvalue weighted by Crippen LogP contribution is 2.15. The molecule has 0 saturated carbocycles. The fraction of sp³-hybridized carbons (Fsp3) is 0. The highest BCUT2D eigenvalue weighted by Gasteiger charge is 2.01. The maximum Gasteiger partial charge on any atom is 0.125 e. The molecule has 0 radical (unpaired) electrons. The van der Waals surface area contributed by atoms with Crippen LogP contribution < -0.4 is 0 Å². The van der Waals surface area contributed by atoms with E-state index in [4.69, 9.17) is 0 Å². The first-order valence-corrected chi connectivity index (χ1v) is 4.36. The molecular formula is C11H7FN2. The van der Waals surface area contributed by atoms with Gasteiger partial charge in [-0.2, -0.15) is 0 Å².